The molecule has 0 radical (unpaired) electrons. The van der Waals surface area contributed by atoms with E-state index < -0.39 is 10.0 Å². The largest absolute Gasteiger partial charge is 0.383 e. The molecule has 0 spiro atoms. The Hall–Kier alpha value is -0.700. The number of hydrogen-bond donors (Lipinski definition) is 1. The fraction of sp³-hybridized carbons (Fsp3) is 0.667. The molecule has 1 aliphatic carbocycles. The molecule has 6 nitrogen and oxygen atoms in total. The summed E-state index contributed by atoms with van der Waals surface area (Å²) < 4.78 is 27.8. The number of anilines is 1. The highest BCUT2D eigenvalue weighted by molar-refractivity contribution is 9.10. The summed E-state index contributed by atoms with van der Waals surface area (Å²) in [6.45, 7) is 2.63. The van der Waals surface area contributed by atoms with E-state index in [4.69, 9.17) is 5.73 Å². The quantitative estimate of drug-likeness (QED) is 0.836. The highest BCUT2D eigenvalue weighted by Crippen LogP contribution is 2.27. The molecule has 0 bridgehead atoms. The van der Waals surface area contributed by atoms with E-state index in [1.165, 1.54) is 48.7 Å². The zero-order chi connectivity index (χ0) is 16.4. The summed E-state index contributed by atoms with van der Waals surface area (Å²) >= 11 is 3.27. The third-order valence-corrected chi connectivity index (χ3v) is 7.19. The second kappa shape index (κ2) is 7.04. The third kappa shape index (κ3) is 3.70. The van der Waals surface area contributed by atoms with Crippen molar-refractivity contribution in [2.75, 3.05) is 31.9 Å². The Bertz CT molecular complexity index is 653. The maximum atomic E-state index is 12.8. The summed E-state index contributed by atoms with van der Waals surface area (Å²) in [4.78, 5) is 6.49. The Morgan fingerprint density at radius 1 is 1.13 bits per heavy atom. The van der Waals surface area contributed by atoms with E-state index in [1.807, 2.05) is 0 Å². The van der Waals surface area contributed by atoms with Crippen molar-refractivity contribution < 1.29 is 8.42 Å². The smallest absolute Gasteiger partial charge is 0.246 e. The van der Waals surface area contributed by atoms with Gasteiger partial charge in [-0.25, -0.2) is 13.4 Å². The van der Waals surface area contributed by atoms with Crippen LogP contribution in [0, 0.1) is 0 Å². The van der Waals surface area contributed by atoms with Crippen LogP contribution in [0.5, 0.6) is 0 Å². The highest BCUT2D eigenvalue weighted by Gasteiger charge is 2.32. The molecule has 2 aliphatic rings. The summed E-state index contributed by atoms with van der Waals surface area (Å²) in [6, 6.07) is 2.16. The molecule has 0 amide bonds. The third-order valence-electron chi connectivity index (χ3n) is 4.83. The van der Waals surface area contributed by atoms with Gasteiger partial charge in [0.25, 0.3) is 0 Å². The number of hydrogen-bond acceptors (Lipinski definition) is 5. The molecule has 1 saturated carbocycles. The number of pyridine rings is 1. The second-order valence-corrected chi connectivity index (χ2v) is 9.09. The predicted octanol–water partition coefficient (Wildman–Crippen LogP) is 2.07. The van der Waals surface area contributed by atoms with Crippen molar-refractivity contribution in [1.82, 2.24) is 14.2 Å². The van der Waals surface area contributed by atoms with Crippen molar-refractivity contribution in [1.29, 1.82) is 0 Å². The van der Waals surface area contributed by atoms with Crippen LogP contribution in [0.2, 0.25) is 0 Å². The van der Waals surface area contributed by atoms with Gasteiger partial charge in [0, 0.05) is 42.9 Å². The van der Waals surface area contributed by atoms with Gasteiger partial charge in [-0.05, 0) is 34.8 Å². The lowest BCUT2D eigenvalue weighted by Gasteiger charge is -2.40. The Kier molecular flexibility index (Phi) is 5.25. The zero-order valence-corrected chi connectivity index (χ0v) is 15.5. The Morgan fingerprint density at radius 2 is 1.78 bits per heavy atom. The molecule has 1 saturated heterocycles. The van der Waals surface area contributed by atoms with Gasteiger partial charge in [0.15, 0.2) is 0 Å². The number of nitrogen functional groups attached to an aromatic ring is 1. The molecule has 23 heavy (non-hydrogen) atoms. The molecular formula is C15H23BrN4O2S. The molecule has 3 rings (SSSR count). The van der Waals surface area contributed by atoms with Crippen LogP contribution in [0.25, 0.3) is 0 Å². The van der Waals surface area contributed by atoms with Crippen LogP contribution in [-0.4, -0.2) is 54.8 Å². The molecule has 2 heterocycles. The molecule has 0 aromatic carbocycles. The van der Waals surface area contributed by atoms with Crippen LogP contribution < -0.4 is 5.73 Å². The number of halogens is 1. The first-order valence-electron chi connectivity index (χ1n) is 8.14. The first-order valence-corrected chi connectivity index (χ1v) is 10.4. The maximum Gasteiger partial charge on any atom is 0.246 e. The molecule has 0 atom stereocenters. The normalized spacial score (nSPS) is 22.3. The zero-order valence-electron chi connectivity index (χ0n) is 13.1. The lowest BCUT2D eigenvalue weighted by Crippen LogP contribution is -2.52. The van der Waals surface area contributed by atoms with Crippen molar-refractivity contribution in [3.8, 4) is 0 Å². The van der Waals surface area contributed by atoms with Gasteiger partial charge >= 0.3 is 0 Å². The maximum absolute atomic E-state index is 12.8. The fourth-order valence-corrected chi connectivity index (χ4v) is 5.53. The van der Waals surface area contributed by atoms with Crippen LogP contribution >= 0.6 is 15.9 Å². The van der Waals surface area contributed by atoms with Gasteiger partial charge in [-0.3, -0.25) is 4.90 Å². The number of rotatable bonds is 3. The van der Waals surface area contributed by atoms with Gasteiger partial charge in [-0.1, -0.05) is 19.3 Å². The number of nitrogens with zero attached hydrogens (tertiary/aromatic N) is 3. The number of nitrogens with two attached hydrogens (primary N) is 1. The van der Waals surface area contributed by atoms with Crippen molar-refractivity contribution in [3.63, 3.8) is 0 Å². The van der Waals surface area contributed by atoms with Gasteiger partial charge in [-0.15, -0.1) is 0 Å². The van der Waals surface area contributed by atoms with Gasteiger partial charge in [0.05, 0.1) is 0 Å². The van der Waals surface area contributed by atoms with Crippen LogP contribution in [0.4, 0.5) is 5.82 Å². The van der Waals surface area contributed by atoms with Crippen molar-refractivity contribution in [3.05, 3.63) is 16.7 Å². The summed E-state index contributed by atoms with van der Waals surface area (Å²) in [6.07, 6.45) is 7.92. The van der Waals surface area contributed by atoms with E-state index in [1.54, 1.807) is 0 Å². The van der Waals surface area contributed by atoms with E-state index in [0.29, 0.717) is 23.6 Å². The Morgan fingerprint density at radius 3 is 2.43 bits per heavy atom. The average molecular weight is 403 g/mol. The van der Waals surface area contributed by atoms with Gasteiger partial charge < -0.3 is 5.73 Å². The SMILES string of the molecule is Nc1ncc(Br)cc1S(=O)(=O)N1CCN(C2CCCCC2)CC1. The lowest BCUT2D eigenvalue weighted by atomic mass is 9.94. The first kappa shape index (κ1) is 17.1. The minimum absolute atomic E-state index is 0.0583. The fourth-order valence-electron chi connectivity index (χ4n) is 3.53. The second-order valence-electron chi connectivity index (χ2n) is 6.27. The monoisotopic (exact) mass is 402 g/mol. The summed E-state index contributed by atoms with van der Waals surface area (Å²) in [5.41, 5.74) is 5.78. The average Bonchev–Trinajstić information content (AvgIpc) is 2.58. The van der Waals surface area contributed by atoms with Gasteiger partial charge in [0.2, 0.25) is 10.0 Å². The number of aromatic nitrogens is 1. The molecule has 2 N–H and O–H groups in total. The number of piperazine rings is 1. The topological polar surface area (TPSA) is 79.5 Å². The molecule has 1 aliphatic heterocycles. The summed E-state index contributed by atoms with van der Waals surface area (Å²) in [5.74, 6) is 0.0583. The van der Waals surface area contributed by atoms with Crippen LogP contribution in [-0.2, 0) is 10.0 Å². The van der Waals surface area contributed by atoms with Crippen LogP contribution in [0.15, 0.2) is 21.6 Å². The van der Waals surface area contributed by atoms with Gasteiger partial charge in [-0.2, -0.15) is 4.31 Å². The van der Waals surface area contributed by atoms with E-state index in [0.717, 1.165) is 13.1 Å². The predicted molar refractivity (Wildman–Crippen MR) is 93.6 cm³/mol. The highest BCUT2D eigenvalue weighted by atomic mass is 79.9. The molecule has 2 fully saturated rings. The molecule has 8 heteroatoms. The minimum Gasteiger partial charge on any atom is -0.383 e. The van der Waals surface area contributed by atoms with E-state index in [9.17, 15) is 8.42 Å². The van der Waals surface area contributed by atoms with E-state index >= 15 is 0 Å². The van der Waals surface area contributed by atoms with Crippen LogP contribution in [0.3, 0.4) is 0 Å². The molecule has 1 aromatic rings. The van der Waals surface area contributed by atoms with Gasteiger partial charge in [0.1, 0.15) is 10.7 Å². The summed E-state index contributed by atoms with van der Waals surface area (Å²) in [7, 11) is -3.58. The summed E-state index contributed by atoms with van der Waals surface area (Å²) in [5, 5.41) is 0. The minimum atomic E-state index is -3.58. The van der Waals surface area contributed by atoms with E-state index in [2.05, 4.69) is 25.8 Å². The number of sulfonamides is 1. The van der Waals surface area contributed by atoms with Crippen molar-refractivity contribution in [2.24, 2.45) is 0 Å². The Labute approximate surface area is 146 Å². The molecule has 0 unspecified atom stereocenters. The lowest BCUT2D eigenvalue weighted by molar-refractivity contribution is 0.111. The van der Waals surface area contributed by atoms with Crippen molar-refractivity contribution in [2.45, 2.75) is 43.0 Å². The Balaban J connectivity index is 1.69. The molecule has 128 valence electrons. The molecular weight excluding hydrogens is 380 g/mol. The van der Waals surface area contributed by atoms with E-state index in [-0.39, 0.29) is 10.7 Å². The molecule has 1 aromatic heterocycles. The van der Waals surface area contributed by atoms with Crippen molar-refractivity contribution >= 4 is 31.8 Å². The van der Waals surface area contributed by atoms with Crippen LogP contribution in [0.1, 0.15) is 32.1 Å². The first-order chi connectivity index (χ1) is 11.0. The standard InChI is InChI=1S/C15H23BrN4O2S/c16-12-10-14(15(17)18-11-12)23(21,22)20-8-6-19(7-9-20)13-4-2-1-3-5-13/h10-11,13H,1-9H2,(H2,17,18).